The lowest BCUT2D eigenvalue weighted by Crippen LogP contribution is -2.38. The third kappa shape index (κ3) is 3.85. The van der Waals surface area contributed by atoms with Crippen molar-refractivity contribution in [2.75, 3.05) is 19.7 Å². The van der Waals surface area contributed by atoms with Crippen molar-refractivity contribution in [3.05, 3.63) is 84.7 Å². The highest BCUT2D eigenvalue weighted by molar-refractivity contribution is 5.81. The number of benzene rings is 1. The Morgan fingerprint density at radius 3 is 2.83 bits per heavy atom. The number of aromatic nitrogens is 4. The van der Waals surface area contributed by atoms with Crippen molar-refractivity contribution in [3.63, 3.8) is 0 Å². The molecule has 29 heavy (non-hydrogen) atoms. The van der Waals surface area contributed by atoms with E-state index in [9.17, 15) is 0 Å². The van der Waals surface area contributed by atoms with Crippen LogP contribution in [-0.4, -0.2) is 44.5 Å². The molecule has 1 aromatic carbocycles. The third-order valence-corrected chi connectivity index (χ3v) is 5.24. The van der Waals surface area contributed by atoms with Crippen molar-refractivity contribution >= 4 is 10.9 Å². The minimum Gasteiger partial charge on any atom is -0.369 e. The van der Waals surface area contributed by atoms with E-state index in [1.165, 1.54) is 17.3 Å². The largest absolute Gasteiger partial charge is 0.369 e. The monoisotopic (exact) mass is 383 g/mol. The molecule has 0 bridgehead atoms. The minimum absolute atomic E-state index is 0.0542. The van der Waals surface area contributed by atoms with E-state index in [2.05, 4.69) is 44.1 Å². The summed E-state index contributed by atoms with van der Waals surface area (Å²) >= 11 is 0. The van der Waals surface area contributed by atoms with E-state index in [1.54, 1.807) is 12.4 Å². The molecule has 1 saturated heterocycles. The van der Waals surface area contributed by atoms with Crippen LogP contribution >= 0.6 is 0 Å². The van der Waals surface area contributed by atoms with Crippen molar-refractivity contribution in [1.29, 1.82) is 0 Å². The second kappa shape index (κ2) is 8.03. The molecular formula is C23H21N5O. The van der Waals surface area contributed by atoms with Crippen molar-refractivity contribution < 1.29 is 4.74 Å². The Labute approximate surface area is 169 Å². The SMILES string of the molecule is c1cc(-c2cncnc2)nc([C@@H]2CN(Cc3ccnc4ccccc34)CCO2)c1. The Balaban J connectivity index is 1.36. The lowest BCUT2D eigenvalue weighted by molar-refractivity contribution is -0.0348. The molecule has 0 radical (unpaired) electrons. The van der Waals surface area contributed by atoms with Gasteiger partial charge in [0.25, 0.3) is 0 Å². The molecule has 6 nitrogen and oxygen atoms in total. The minimum atomic E-state index is -0.0542. The van der Waals surface area contributed by atoms with Crippen LogP contribution in [0.4, 0.5) is 0 Å². The topological polar surface area (TPSA) is 64.0 Å². The maximum Gasteiger partial charge on any atom is 0.115 e. The molecule has 1 aliphatic heterocycles. The van der Waals surface area contributed by atoms with E-state index in [0.717, 1.165) is 42.1 Å². The molecule has 0 N–H and O–H groups in total. The highest BCUT2D eigenvalue weighted by atomic mass is 16.5. The van der Waals surface area contributed by atoms with E-state index in [0.29, 0.717) is 6.61 Å². The van der Waals surface area contributed by atoms with Gasteiger partial charge in [0.15, 0.2) is 0 Å². The maximum absolute atomic E-state index is 6.06. The summed E-state index contributed by atoms with van der Waals surface area (Å²) in [6.07, 6.45) is 6.92. The van der Waals surface area contributed by atoms with Gasteiger partial charge in [-0.15, -0.1) is 0 Å². The normalized spacial score (nSPS) is 17.4. The Hall–Kier alpha value is -3.22. The molecule has 144 valence electrons. The van der Waals surface area contributed by atoms with Crippen LogP contribution in [0.1, 0.15) is 17.4 Å². The zero-order chi connectivity index (χ0) is 19.5. The number of rotatable bonds is 4. The van der Waals surface area contributed by atoms with Gasteiger partial charge in [-0.2, -0.15) is 0 Å². The molecule has 6 heteroatoms. The highest BCUT2D eigenvalue weighted by Gasteiger charge is 2.24. The summed E-state index contributed by atoms with van der Waals surface area (Å²) in [6.45, 7) is 3.26. The van der Waals surface area contributed by atoms with Crippen molar-refractivity contribution in [1.82, 2.24) is 24.8 Å². The van der Waals surface area contributed by atoms with E-state index >= 15 is 0 Å². The smallest absolute Gasteiger partial charge is 0.115 e. The fourth-order valence-electron chi connectivity index (χ4n) is 3.78. The zero-order valence-corrected chi connectivity index (χ0v) is 16.0. The summed E-state index contributed by atoms with van der Waals surface area (Å²) in [5.74, 6) is 0. The van der Waals surface area contributed by atoms with Gasteiger partial charge in [0.2, 0.25) is 0 Å². The van der Waals surface area contributed by atoms with Crippen LogP contribution in [0.15, 0.2) is 73.4 Å². The molecular weight excluding hydrogens is 362 g/mol. The molecule has 0 saturated carbocycles. The molecule has 1 fully saturated rings. The Morgan fingerprint density at radius 2 is 1.90 bits per heavy atom. The van der Waals surface area contributed by atoms with Crippen LogP contribution in [0, 0.1) is 0 Å². The fraction of sp³-hybridized carbons (Fsp3) is 0.217. The number of pyridine rings is 2. The highest BCUT2D eigenvalue weighted by Crippen LogP contribution is 2.25. The van der Waals surface area contributed by atoms with Crippen LogP contribution in [-0.2, 0) is 11.3 Å². The summed E-state index contributed by atoms with van der Waals surface area (Å²) < 4.78 is 6.06. The number of fused-ring (bicyclic) bond motifs is 1. The summed E-state index contributed by atoms with van der Waals surface area (Å²) in [4.78, 5) is 19.9. The standard InChI is InChI=1S/C23H21N5O/c1-2-5-21-19(4-1)17(8-9-26-21)14-28-10-11-29-23(15-28)22-7-3-6-20(27-22)18-12-24-16-25-13-18/h1-9,12-13,16,23H,10-11,14-15H2/t23-/m0/s1. The van der Waals surface area contributed by atoms with Gasteiger partial charge < -0.3 is 4.74 Å². The quantitative estimate of drug-likeness (QED) is 0.536. The lowest BCUT2D eigenvalue weighted by Gasteiger charge is -2.33. The molecule has 0 amide bonds. The summed E-state index contributed by atoms with van der Waals surface area (Å²) in [5.41, 5.74) is 5.04. The van der Waals surface area contributed by atoms with Crippen LogP contribution < -0.4 is 0 Å². The van der Waals surface area contributed by atoms with Gasteiger partial charge in [-0.1, -0.05) is 24.3 Å². The zero-order valence-electron chi connectivity index (χ0n) is 16.0. The third-order valence-electron chi connectivity index (χ3n) is 5.24. The first-order valence-corrected chi connectivity index (χ1v) is 9.76. The second-order valence-corrected chi connectivity index (χ2v) is 7.16. The number of nitrogens with zero attached hydrogens (tertiary/aromatic N) is 5. The molecule has 4 heterocycles. The van der Waals surface area contributed by atoms with Crippen LogP contribution in [0.3, 0.4) is 0 Å². The number of para-hydroxylation sites is 1. The Morgan fingerprint density at radius 1 is 1.00 bits per heavy atom. The van der Waals surface area contributed by atoms with Gasteiger partial charge in [-0.3, -0.25) is 9.88 Å². The second-order valence-electron chi connectivity index (χ2n) is 7.16. The fourth-order valence-corrected chi connectivity index (χ4v) is 3.78. The van der Waals surface area contributed by atoms with Crippen LogP contribution in [0.25, 0.3) is 22.2 Å². The van der Waals surface area contributed by atoms with E-state index < -0.39 is 0 Å². The number of hydrogen-bond donors (Lipinski definition) is 0. The Bertz CT molecular complexity index is 1110. The molecule has 0 unspecified atom stereocenters. The van der Waals surface area contributed by atoms with Gasteiger partial charge in [-0.05, 0) is 29.8 Å². The first-order chi connectivity index (χ1) is 14.4. The number of morpholine rings is 1. The van der Waals surface area contributed by atoms with Crippen LogP contribution in [0.2, 0.25) is 0 Å². The van der Waals surface area contributed by atoms with E-state index in [-0.39, 0.29) is 6.10 Å². The average Bonchev–Trinajstić information content (AvgIpc) is 2.80. The first kappa shape index (κ1) is 17.8. The Kier molecular flexibility index (Phi) is 4.94. The van der Waals surface area contributed by atoms with Crippen molar-refractivity contribution in [2.24, 2.45) is 0 Å². The summed E-state index contributed by atoms with van der Waals surface area (Å²) in [7, 11) is 0. The first-order valence-electron chi connectivity index (χ1n) is 9.76. The van der Waals surface area contributed by atoms with Crippen molar-refractivity contribution in [3.8, 4) is 11.3 Å². The van der Waals surface area contributed by atoms with Gasteiger partial charge in [0, 0.05) is 49.2 Å². The van der Waals surface area contributed by atoms with E-state index in [1.807, 2.05) is 30.5 Å². The molecule has 4 aromatic rings. The lowest BCUT2D eigenvalue weighted by atomic mass is 10.1. The molecule has 0 aliphatic carbocycles. The predicted octanol–water partition coefficient (Wildman–Crippen LogP) is 3.66. The van der Waals surface area contributed by atoms with Gasteiger partial charge in [0.1, 0.15) is 12.4 Å². The number of hydrogen-bond acceptors (Lipinski definition) is 6. The molecule has 1 atom stereocenters. The summed E-state index contributed by atoms with van der Waals surface area (Å²) in [5, 5.41) is 1.21. The molecule has 3 aromatic heterocycles. The van der Waals surface area contributed by atoms with Crippen LogP contribution in [0.5, 0.6) is 0 Å². The van der Waals surface area contributed by atoms with Crippen molar-refractivity contribution in [2.45, 2.75) is 12.6 Å². The predicted molar refractivity (Wildman–Crippen MR) is 111 cm³/mol. The van der Waals surface area contributed by atoms with Gasteiger partial charge in [-0.25, -0.2) is 15.0 Å². The average molecular weight is 383 g/mol. The maximum atomic E-state index is 6.06. The van der Waals surface area contributed by atoms with E-state index in [4.69, 9.17) is 9.72 Å². The molecule has 0 spiro atoms. The summed E-state index contributed by atoms with van der Waals surface area (Å²) in [6, 6.07) is 16.4. The van der Waals surface area contributed by atoms with Gasteiger partial charge >= 0.3 is 0 Å². The molecule has 5 rings (SSSR count). The number of ether oxygens (including phenoxy) is 1. The van der Waals surface area contributed by atoms with Gasteiger partial charge in [0.05, 0.1) is 23.5 Å². The molecule has 1 aliphatic rings.